The molecule has 1 fully saturated rings. The first-order valence-electron chi connectivity index (χ1n) is 11.6. The Kier molecular flexibility index (Phi) is 11.5. The minimum Gasteiger partial charge on any atom is -0.389 e. The molecule has 0 spiro atoms. The molecule has 3 atom stereocenters. The number of aliphatic hydroxyl groups excluding tert-OH is 1. The molecule has 1 aromatic rings. The van der Waals surface area contributed by atoms with Gasteiger partial charge in [0.2, 0.25) is 0 Å². The van der Waals surface area contributed by atoms with E-state index in [0.29, 0.717) is 13.0 Å². The van der Waals surface area contributed by atoms with E-state index in [1.807, 2.05) is 32.0 Å². The molecule has 168 valence electrons. The summed E-state index contributed by atoms with van der Waals surface area (Å²) in [6.07, 6.45) is 7.93. The Morgan fingerprint density at radius 1 is 1.03 bits per heavy atom. The Bertz CT molecular complexity index is 631. The maximum absolute atomic E-state index is 10.6. The first kappa shape index (κ1) is 24.9. The van der Waals surface area contributed by atoms with Crippen LogP contribution in [0.25, 0.3) is 0 Å². The fourth-order valence-electron chi connectivity index (χ4n) is 3.75. The molecule has 0 unspecified atom stereocenters. The van der Waals surface area contributed by atoms with Crippen LogP contribution in [0.4, 0.5) is 0 Å². The van der Waals surface area contributed by atoms with E-state index in [4.69, 9.17) is 14.2 Å². The lowest BCUT2D eigenvalue weighted by atomic mass is 10.00. The van der Waals surface area contributed by atoms with Gasteiger partial charge in [-0.2, -0.15) is 0 Å². The molecule has 1 saturated heterocycles. The number of hydrogen-bond acceptors (Lipinski definition) is 4. The fraction of sp³-hybridized carbons (Fsp3) is 0.692. The third-order valence-corrected chi connectivity index (χ3v) is 5.33. The molecule has 4 nitrogen and oxygen atoms in total. The number of aliphatic hydroxyl groups is 1. The van der Waals surface area contributed by atoms with E-state index in [0.717, 1.165) is 45.1 Å². The van der Waals surface area contributed by atoms with E-state index < -0.39 is 11.9 Å². The summed E-state index contributed by atoms with van der Waals surface area (Å²) in [5.74, 6) is 5.65. The van der Waals surface area contributed by atoms with Crippen molar-refractivity contribution < 1.29 is 19.3 Å². The summed E-state index contributed by atoms with van der Waals surface area (Å²) in [6.45, 7) is 7.46. The van der Waals surface area contributed by atoms with Crippen LogP contribution >= 0.6 is 0 Å². The highest BCUT2D eigenvalue weighted by molar-refractivity contribution is 5.13. The molecule has 1 aromatic carbocycles. The van der Waals surface area contributed by atoms with Crippen LogP contribution in [0.1, 0.15) is 84.1 Å². The zero-order valence-corrected chi connectivity index (χ0v) is 19.1. The molecule has 0 aromatic heterocycles. The molecule has 30 heavy (non-hydrogen) atoms. The average molecular weight is 417 g/mol. The van der Waals surface area contributed by atoms with Gasteiger partial charge in [-0.25, -0.2) is 0 Å². The van der Waals surface area contributed by atoms with Crippen LogP contribution in [0, 0.1) is 11.8 Å². The molecule has 0 amide bonds. The second-order valence-electron chi connectivity index (χ2n) is 8.61. The van der Waals surface area contributed by atoms with E-state index in [-0.39, 0.29) is 12.2 Å². The predicted octanol–water partition coefficient (Wildman–Crippen LogP) is 5.62. The summed E-state index contributed by atoms with van der Waals surface area (Å²) in [4.78, 5) is 0. The first-order chi connectivity index (χ1) is 14.5. The van der Waals surface area contributed by atoms with Gasteiger partial charge in [0.1, 0.15) is 6.10 Å². The highest BCUT2D eigenvalue weighted by Crippen LogP contribution is 2.33. The SMILES string of the molecule is CCCCCC#CC[C@@H](O)[C@H]1OC(C)(C)O[C@@H]1CCCCCOCc1ccccc1. The molecule has 4 heteroatoms. The van der Waals surface area contributed by atoms with E-state index in [2.05, 4.69) is 30.9 Å². The zero-order chi connectivity index (χ0) is 21.7. The van der Waals surface area contributed by atoms with E-state index in [1.165, 1.54) is 18.4 Å². The van der Waals surface area contributed by atoms with Crippen LogP contribution in [-0.4, -0.2) is 35.8 Å². The normalized spacial score (nSPS) is 21.2. The van der Waals surface area contributed by atoms with E-state index in [1.54, 1.807) is 0 Å². The largest absolute Gasteiger partial charge is 0.389 e. The van der Waals surface area contributed by atoms with Crippen molar-refractivity contribution in [1.29, 1.82) is 0 Å². The third kappa shape index (κ3) is 9.62. The van der Waals surface area contributed by atoms with Crippen molar-refractivity contribution in [1.82, 2.24) is 0 Å². The van der Waals surface area contributed by atoms with Gasteiger partial charge < -0.3 is 19.3 Å². The van der Waals surface area contributed by atoms with Crippen molar-refractivity contribution in [3.63, 3.8) is 0 Å². The molecule has 1 aliphatic heterocycles. The molecule has 2 rings (SSSR count). The molecule has 1 N–H and O–H groups in total. The Morgan fingerprint density at radius 3 is 2.60 bits per heavy atom. The number of ether oxygens (including phenoxy) is 3. The Hall–Kier alpha value is -1.38. The molecule has 0 aliphatic carbocycles. The summed E-state index contributed by atoms with van der Waals surface area (Å²) < 4.78 is 17.8. The molecule has 0 radical (unpaired) electrons. The lowest BCUT2D eigenvalue weighted by Gasteiger charge is -2.21. The summed E-state index contributed by atoms with van der Waals surface area (Å²) >= 11 is 0. The molecular weight excluding hydrogens is 376 g/mol. The Balaban J connectivity index is 1.64. The monoisotopic (exact) mass is 416 g/mol. The summed E-state index contributed by atoms with van der Waals surface area (Å²) in [6, 6.07) is 10.3. The van der Waals surface area contributed by atoms with Crippen LogP contribution in [0.5, 0.6) is 0 Å². The minimum absolute atomic E-state index is 0.0814. The van der Waals surface area contributed by atoms with Crippen LogP contribution in [0.3, 0.4) is 0 Å². The fourth-order valence-corrected chi connectivity index (χ4v) is 3.75. The average Bonchev–Trinajstić information content (AvgIpc) is 3.05. The smallest absolute Gasteiger partial charge is 0.163 e. The molecule has 1 heterocycles. The maximum Gasteiger partial charge on any atom is 0.163 e. The summed E-state index contributed by atoms with van der Waals surface area (Å²) in [5.41, 5.74) is 1.21. The van der Waals surface area contributed by atoms with Crippen molar-refractivity contribution >= 4 is 0 Å². The second-order valence-corrected chi connectivity index (χ2v) is 8.61. The van der Waals surface area contributed by atoms with E-state index in [9.17, 15) is 5.11 Å². The number of rotatable bonds is 13. The van der Waals surface area contributed by atoms with Gasteiger partial charge in [-0.05, 0) is 38.7 Å². The highest BCUT2D eigenvalue weighted by atomic mass is 16.8. The quantitative estimate of drug-likeness (QED) is 0.335. The second kappa shape index (κ2) is 13.8. The van der Waals surface area contributed by atoms with Gasteiger partial charge in [0.15, 0.2) is 5.79 Å². The summed E-state index contributed by atoms with van der Waals surface area (Å²) in [5, 5.41) is 10.6. The van der Waals surface area contributed by atoms with Crippen LogP contribution in [-0.2, 0) is 20.8 Å². The van der Waals surface area contributed by atoms with E-state index >= 15 is 0 Å². The van der Waals surface area contributed by atoms with Crippen LogP contribution < -0.4 is 0 Å². The van der Waals surface area contributed by atoms with Gasteiger partial charge in [-0.1, -0.05) is 62.9 Å². The molecule has 0 bridgehead atoms. The van der Waals surface area contributed by atoms with Crippen molar-refractivity contribution in [2.75, 3.05) is 6.61 Å². The van der Waals surface area contributed by atoms with Crippen LogP contribution in [0.2, 0.25) is 0 Å². The van der Waals surface area contributed by atoms with Crippen molar-refractivity contribution in [2.24, 2.45) is 0 Å². The standard InChI is InChI=1S/C26H40O4/c1-4-5-6-7-8-13-18-23(27)25-24(29-26(2,3)30-25)19-14-10-15-20-28-21-22-16-11-9-12-17-22/h9,11-12,16-17,23-25,27H,4-7,10,14-15,18-21H2,1-3H3/t23-,24-,25-/m1/s1. The van der Waals surface area contributed by atoms with Gasteiger partial charge in [0, 0.05) is 19.4 Å². The molecule has 1 aliphatic rings. The third-order valence-electron chi connectivity index (χ3n) is 5.33. The first-order valence-corrected chi connectivity index (χ1v) is 11.6. The lowest BCUT2D eigenvalue weighted by Crippen LogP contribution is -2.35. The Labute approximate surface area is 183 Å². The number of unbranched alkanes of at least 4 members (excludes halogenated alkanes) is 5. The van der Waals surface area contributed by atoms with Crippen molar-refractivity contribution in [3.05, 3.63) is 35.9 Å². The predicted molar refractivity (Wildman–Crippen MR) is 121 cm³/mol. The number of benzene rings is 1. The highest BCUT2D eigenvalue weighted by Gasteiger charge is 2.43. The van der Waals surface area contributed by atoms with Gasteiger partial charge in [0.05, 0.1) is 18.8 Å². The van der Waals surface area contributed by atoms with Crippen molar-refractivity contribution in [2.45, 2.75) is 109 Å². The topological polar surface area (TPSA) is 47.9 Å². The lowest BCUT2D eigenvalue weighted by molar-refractivity contribution is -0.155. The Morgan fingerprint density at radius 2 is 1.83 bits per heavy atom. The van der Waals surface area contributed by atoms with Gasteiger partial charge >= 0.3 is 0 Å². The van der Waals surface area contributed by atoms with Gasteiger partial charge in [-0.15, -0.1) is 11.8 Å². The summed E-state index contributed by atoms with van der Waals surface area (Å²) in [7, 11) is 0. The molecular formula is C26H40O4. The minimum atomic E-state index is -0.649. The van der Waals surface area contributed by atoms with Gasteiger partial charge in [0.25, 0.3) is 0 Å². The molecule has 0 saturated carbocycles. The zero-order valence-electron chi connectivity index (χ0n) is 19.1. The van der Waals surface area contributed by atoms with Crippen LogP contribution in [0.15, 0.2) is 30.3 Å². The maximum atomic E-state index is 10.6. The van der Waals surface area contributed by atoms with Crippen molar-refractivity contribution in [3.8, 4) is 11.8 Å². The number of hydrogen-bond donors (Lipinski definition) is 1. The van der Waals surface area contributed by atoms with Gasteiger partial charge in [-0.3, -0.25) is 0 Å².